The van der Waals surface area contributed by atoms with E-state index >= 15 is 0 Å². The maximum Gasteiger partial charge on any atom is 0.0644 e. The van der Waals surface area contributed by atoms with Gasteiger partial charge < -0.3 is 10.4 Å². The molecule has 0 spiro atoms. The molecule has 1 aromatic heterocycles. The van der Waals surface area contributed by atoms with Crippen LogP contribution < -0.4 is 5.32 Å². The molecule has 102 valence electrons. The molecule has 0 saturated heterocycles. The molecule has 1 aromatic rings. The fraction of sp³-hybridized carbons (Fsp3) is 0.786. The molecule has 4 nitrogen and oxygen atoms in total. The first kappa shape index (κ1) is 13.6. The van der Waals surface area contributed by atoms with E-state index in [1.807, 2.05) is 11.6 Å². The summed E-state index contributed by atoms with van der Waals surface area (Å²) in [5, 5.41) is 17.1. The number of hydrogen-bond acceptors (Lipinski definition) is 3. The predicted octanol–water partition coefficient (Wildman–Crippen LogP) is 1.77. The molecule has 0 amide bonds. The quantitative estimate of drug-likeness (QED) is 0.776. The van der Waals surface area contributed by atoms with Gasteiger partial charge in [-0.3, -0.25) is 4.68 Å². The Labute approximate surface area is 109 Å². The Balaban J connectivity index is 1.91. The minimum absolute atomic E-state index is 0.146. The molecule has 1 atom stereocenters. The van der Waals surface area contributed by atoms with Gasteiger partial charge in [-0.1, -0.05) is 12.8 Å². The largest absolute Gasteiger partial charge is 0.394 e. The SMILES string of the molecule is Cc1nn(CCO)c(C)c1CNC(C)CC1CC1. The third-order valence-corrected chi connectivity index (χ3v) is 3.85. The molecule has 0 aromatic carbocycles. The molecule has 0 radical (unpaired) electrons. The molecule has 1 heterocycles. The molecule has 0 bridgehead atoms. The highest BCUT2D eigenvalue weighted by molar-refractivity contribution is 5.24. The van der Waals surface area contributed by atoms with Crippen molar-refractivity contribution in [2.45, 2.75) is 59.2 Å². The number of aliphatic hydroxyl groups is 1. The van der Waals surface area contributed by atoms with E-state index in [-0.39, 0.29) is 6.61 Å². The maximum atomic E-state index is 8.99. The average Bonchev–Trinajstić information content (AvgIpc) is 3.07. The van der Waals surface area contributed by atoms with E-state index in [0.717, 1.165) is 18.2 Å². The first-order valence-electron chi connectivity index (χ1n) is 6.99. The van der Waals surface area contributed by atoms with Crippen LogP contribution in [-0.2, 0) is 13.1 Å². The van der Waals surface area contributed by atoms with E-state index < -0.39 is 0 Å². The van der Waals surface area contributed by atoms with Gasteiger partial charge in [0.05, 0.1) is 18.8 Å². The van der Waals surface area contributed by atoms with Crippen molar-refractivity contribution in [3.8, 4) is 0 Å². The van der Waals surface area contributed by atoms with Gasteiger partial charge in [-0.05, 0) is 33.1 Å². The fourth-order valence-corrected chi connectivity index (χ4v) is 2.52. The van der Waals surface area contributed by atoms with Crippen LogP contribution in [0.15, 0.2) is 0 Å². The average molecular weight is 251 g/mol. The lowest BCUT2D eigenvalue weighted by molar-refractivity contribution is 0.267. The molecule has 1 fully saturated rings. The van der Waals surface area contributed by atoms with Gasteiger partial charge in [-0.25, -0.2) is 0 Å². The third-order valence-electron chi connectivity index (χ3n) is 3.85. The molecule has 2 N–H and O–H groups in total. The molecular weight excluding hydrogens is 226 g/mol. The van der Waals surface area contributed by atoms with E-state index in [0.29, 0.717) is 12.6 Å². The molecule has 1 saturated carbocycles. The second-order valence-electron chi connectivity index (χ2n) is 5.56. The van der Waals surface area contributed by atoms with Gasteiger partial charge in [0.25, 0.3) is 0 Å². The predicted molar refractivity (Wildman–Crippen MR) is 72.4 cm³/mol. The maximum absolute atomic E-state index is 8.99. The zero-order valence-electron chi connectivity index (χ0n) is 11.7. The summed E-state index contributed by atoms with van der Waals surface area (Å²) in [5.41, 5.74) is 3.53. The highest BCUT2D eigenvalue weighted by Crippen LogP contribution is 2.33. The van der Waals surface area contributed by atoms with E-state index in [4.69, 9.17) is 5.11 Å². The summed E-state index contributed by atoms with van der Waals surface area (Å²) in [6, 6.07) is 0.581. The number of nitrogens with one attached hydrogen (secondary N) is 1. The van der Waals surface area contributed by atoms with Crippen LogP contribution in [0.5, 0.6) is 0 Å². The van der Waals surface area contributed by atoms with Gasteiger partial charge in [-0.2, -0.15) is 5.10 Å². The molecule has 18 heavy (non-hydrogen) atoms. The van der Waals surface area contributed by atoms with E-state index in [2.05, 4.69) is 24.3 Å². The minimum Gasteiger partial charge on any atom is -0.394 e. The van der Waals surface area contributed by atoms with Crippen molar-refractivity contribution in [3.05, 3.63) is 17.0 Å². The van der Waals surface area contributed by atoms with E-state index in [1.54, 1.807) is 0 Å². The number of hydrogen-bond donors (Lipinski definition) is 2. The standard InChI is InChI=1S/C14H25N3O/c1-10(8-13-4-5-13)15-9-14-11(2)16-17(6-7-18)12(14)3/h10,13,15,18H,4-9H2,1-3H3. The van der Waals surface area contributed by atoms with Crippen molar-refractivity contribution in [3.63, 3.8) is 0 Å². The van der Waals surface area contributed by atoms with Gasteiger partial charge in [-0.15, -0.1) is 0 Å². The summed E-state index contributed by atoms with van der Waals surface area (Å²) >= 11 is 0. The molecule has 2 rings (SSSR count). The lowest BCUT2D eigenvalue weighted by atomic mass is 10.1. The Morgan fingerprint density at radius 1 is 1.44 bits per heavy atom. The number of aliphatic hydroxyl groups excluding tert-OH is 1. The number of rotatable bonds is 7. The Morgan fingerprint density at radius 2 is 2.17 bits per heavy atom. The van der Waals surface area contributed by atoms with Crippen molar-refractivity contribution in [1.82, 2.24) is 15.1 Å². The number of nitrogens with zero attached hydrogens (tertiary/aromatic N) is 2. The zero-order chi connectivity index (χ0) is 13.1. The Morgan fingerprint density at radius 3 is 2.78 bits per heavy atom. The Bertz CT molecular complexity index is 396. The van der Waals surface area contributed by atoms with Crippen LogP contribution in [0.25, 0.3) is 0 Å². The van der Waals surface area contributed by atoms with Crippen molar-refractivity contribution in [2.24, 2.45) is 5.92 Å². The lowest BCUT2D eigenvalue weighted by Crippen LogP contribution is -2.26. The highest BCUT2D eigenvalue weighted by Gasteiger charge is 2.23. The van der Waals surface area contributed by atoms with E-state index in [1.165, 1.54) is 30.5 Å². The molecule has 4 heteroatoms. The summed E-state index contributed by atoms with van der Waals surface area (Å²) in [6.07, 6.45) is 4.12. The first-order valence-corrected chi connectivity index (χ1v) is 6.99. The van der Waals surface area contributed by atoms with Gasteiger partial charge >= 0.3 is 0 Å². The third kappa shape index (κ3) is 3.33. The summed E-state index contributed by atoms with van der Waals surface area (Å²) < 4.78 is 1.90. The van der Waals surface area contributed by atoms with Crippen LogP contribution in [0.1, 0.15) is 43.1 Å². The number of aromatic nitrogens is 2. The van der Waals surface area contributed by atoms with Gasteiger partial charge in [0.15, 0.2) is 0 Å². The highest BCUT2D eigenvalue weighted by atomic mass is 16.3. The van der Waals surface area contributed by atoms with Gasteiger partial charge in [0.2, 0.25) is 0 Å². The van der Waals surface area contributed by atoms with Gasteiger partial charge in [0, 0.05) is 23.8 Å². The summed E-state index contributed by atoms with van der Waals surface area (Å²) in [5.74, 6) is 0.965. The van der Waals surface area contributed by atoms with Crippen molar-refractivity contribution in [2.75, 3.05) is 6.61 Å². The molecule has 1 unspecified atom stereocenters. The minimum atomic E-state index is 0.146. The van der Waals surface area contributed by atoms with E-state index in [9.17, 15) is 0 Å². The summed E-state index contributed by atoms with van der Waals surface area (Å²) in [6.45, 7) is 8.01. The molecular formula is C14H25N3O. The summed E-state index contributed by atoms with van der Waals surface area (Å²) in [7, 11) is 0. The Hall–Kier alpha value is -0.870. The van der Waals surface area contributed by atoms with Crippen LogP contribution >= 0.6 is 0 Å². The van der Waals surface area contributed by atoms with Crippen LogP contribution in [0.4, 0.5) is 0 Å². The van der Waals surface area contributed by atoms with Crippen LogP contribution in [-0.4, -0.2) is 27.5 Å². The van der Waals surface area contributed by atoms with Crippen molar-refractivity contribution < 1.29 is 5.11 Å². The fourth-order valence-electron chi connectivity index (χ4n) is 2.52. The second kappa shape index (κ2) is 5.85. The monoisotopic (exact) mass is 251 g/mol. The topological polar surface area (TPSA) is 50.1 Å². The number of aryl methyl sites for hydroxylation is 1. The second-order valence-corrected chi connectivity index (χ2v) is 5.56. The molecule has 0 aliphatic heterocycles. The van der Waals surface area contributed by atoms with Crippen molar-refractivity contribution in [1.29, 1.82) is 0 Å². The smallest absolute Gasteiger partial charge is 0.0644 e. The molecule has 1 aliphatic carbocycles. The zero-order valence-corrected chi connectivity index (χ0v) is 11.7. The first-order chi connectivity index (χ1) is 8.61. The van der Waals surface area contributed by atoms with Crippen LogP contribution in [0.2, 0.25) is 0 Å². The normalized spacial score (nSPS) is 17.1. The van der Waals surface area contributed by atoms with Gasteiger partial charge in [0.1, 0.15) is 0 Å². The summed E-state index contributed by atoms with van der Waals surface area (Å²) in [4.78, 5) is 0. The van der Waals surface area contributed by atoms with Crippen LogP contribution in [0, 0.1) is 19.8 Å². The van der Waals surface area contributed by atoms with Crippen LogP contribution in [0.3, 0.4) is 0 Å². The molecule has 1 aliphatic rings. The Kier molecular flexibility index (Phi) is 4.40. The lowest BCUT2D eigenvalue weighted by Gasteiger charge is -2.13. The van der Waals surface area contributed by atoms with Crippen molar-refractivity contribution >= 4 is 0 Å².